The number of rotatable bonds is 9. The third-order valence-corrected chi connectivity index (χ3v) is 4.96. The Bertz CT molecular complexity index is 1090. The molecule has 0 atom stereocenters. The van der Waals surface area contributed by atoms with Crippen molar-refractivity contribution in [1.29, 1.82) is 0 Å². The molecule has 0 amide bonds. The monoisotopic (exact) mass is 416 g/mol. The van der Waals surface area contributed by atoms with Gasteiger partial charge in [-0.2, -0.15) is 0 Å². The fourth-order valence-corrected chi connectivity index (χ4v) is 3.49. The van der Waals surface area contributed by atoms with Crippen LogP contribution >= 0.6 is 0 Å². The molecule has 0 bridgehead atoms. The van der Waals surface area contributed by atoms with E-state index in [9.17, 15) is 4.79 Å². The molecule has 0 fully saturated rings. The molecule has 0 spiro atoms. The lowest BCUT2D eigenvalue weighted by Gasteiger charge is -2.10. The van der Waals surface area contributed by atoms with E-state index in [2.05, 4.69) is 37.8 Å². The molecule has 0 saturated carbocycles. The lowest BCUT2D eigenvalue weighted by Crippen LogP contribution is -2.06. The lowest BCUT2D eigenvalue weighted by atomic mass is 10.1. The fraction of sp³-hybridized carbons (Fsp3) is 0.192. The van der Waals surface area contributed by atoms with Crippen LogP contribution in [0.5, 0.6) is 23.0 Å². The van der Waals surface area contributed by atoms with Crippen LogP contribution in [0, 0.1) is 0 Å². The summed E-state index contributed by atoms with van der Waals surface area (Å²) in [6, 6.07) is 19.1. The Labute approximate surface area is 181 Å². The molecule has 1 aliphatic rings. The van der Waals surface area contributed by atoms with Crippen LogP contribution in [-0.4, -0.2) is 19.4 Å². The van der Waals surface area contributed by atoms with E-state index in [4.69, 9.17) is 18.9 Å². The van der Waals surface area contributed by atoms with E-state index in [1.165, 1.54) is 22.3 Å². The Hall–Kier alpha value is -3.73. The normalized spacial score (nSPS) is 11.3. The maximum atomic E-state index is 11.2. The molecule has 0 unspecified atom stereocenters. The molecule has 0 aliphatic heterocycles. The average Bonchev–Trinajstić information content (AvgIpc) is 3.15. The van der Waals surface area contributed by atoms with Crippen molar-refractivity contribution in [1.82, 2.24) is 0 Å². The van der Waals surface area contributed by atoms with Crippen molar-refractivity contribution in [3.05, 3.63) is 84.4 Å². The van der Waals surface area contributed by atoms with Crippen LogP contribution in [0.1, 0.15) is 24.5 Å². The molecule has 3 aromatic carbocycles. The summed E-state index contributed by atoms with van der Waals surface area (Å²) in [6.45, 7) is 6.28. The summed E-state index contributed by atoms with van der Waals surface area (Å²) in [5, 5.41) is 0. The van der Waals surface area contributed by atoms with Crippen LogP contribution in [-0.2, 0) is 11.2 Å². The van der Waals surface area contributed by atoms with Crippen LogP contribution in [0.2, 0.25) is 0 Å². The summed E-state index contributed by atoms with van der Waals surface area (Å²) in [7, 11) is 0. The zero-order valence-electron chi connectivity index (χ0n) is 17.4. The lowest BCUT2D eigenvalue weighted by molar-refractivity contribution is -0.128. The molecule has 0 radical (unpaired) electrons. The number of ether oxygens (including phenoxy) is 4. The first-order valence-corrected chi connectivity index (χ1v) is 10.2. The van der Waals surface area contributed by atoms with Gasteiger partial charge in [-0.25, -0.2) is 4.79 Å². The maximum Gasteiger partial charge on any atom is 0.335 e. The van der Waals surface area contributed by atoms with Gasteiger partial charge in [0.15, 0.2) is 0 Å². The van der Waals surface area contributed by atoms with E-state index in [1.54, 1.807) is 24.3 Å². The van der Waals surface area contributed by atoms with Crippen LogP contribution in [0.4, 0.5) is 0 Å². The quantitative estimate of drug-likeness (QED) is 0.155. The molecular formula is C26H24O5. The molecule has 0 N–H and O–H groups in total. The number of hydrogen-bond donors (Lipinski definition) is 0. The second kappa shape index (κ2) is 9.39. The number of hydrogen-bond acceptors (Lipinski definition) is 5. The first kappa shape index (κ1) is 20.5. The maximum absolute atomic E-state index is 11.2. The number of fused-ring (bicyclic) bond motifs is 3. The molecule has 4 rings (SSSR count). The van der Waals surface area contributed by atoms with Crippen molar-refractivity contribution < 1.29 is 23.7 Å². The van der Waals surface area contributed by atoms with Crippen molar-refractivity contribution in [3.8, 4) is 34.1 Å². The molecule has 5 heteroatoms. The molecule has 3 aromatic rings. The minimum atomic E-state index is -0.500. The van der Waals surface area contributed by atoms with E-state index in [-0.39, 0.29) is 6.79 Å². The molecule has 0 saturated heterocycles. The third-order valence-electron chi connectivity index (χ3n) is 4.96. The summed E-state index contributed by atoms with van der Waals surface area (Å²) >= 11 is 0. The van der Waals surface area contributed by atoms with Gasteiger partial charge in [-0.3, -0.25) is 0 Å². The van der Waals surface area contributed by atoms with Gasteiger partial charge < -0.3 is 18.9 Å². The van der Waals surface area contributed by atoms with Crippen molar-refractivity contribution in [2.24, 2.45) is 0 Å². The second-order valence-corrected chi connectivity index (χ2v) is 7.17. The van der Waals surface area contributed by atoms with Gasteiger partial charge in [0.1, 0.15) is 23.0 Å². The minimum Gasteiger partial charge on any atom is -0.494 e. The molecular weight excluding hydrogens is 392 g/mol. The summed E-state index contributed by atoms with van der Waals surface area (Å²) in [5.41, 5.74) is 4.98. The summed E-state index contributed by atoms with van der Waals surface area (Å²) in [4.78, 5) is 11.2. The predicted molar refractivity (Wildman–Crippen MR) is 119 cm³/mol. The van der Waals surface area contributed by atoms with Gasteiger partial charge in [0, 0.05) is 6.08 Å². The Morgan fingerprint density at radius 1 is 0.839 bits per heavy atom. The first-order chi connectivity index (χ1) is 15.2. The van der Waals surface area contributed by atoms with Gasteiger partial charge in [-0.15, -0.1) is 0 Å². The van der Waals surface area contributed by atoms with Gasteiger partial charge in [0.25, 0.3) is 0 Å². The predicted octanol–water partition coefficient (Wildman–Crippen LogP) is 5.55. The van der Waals surface area contributed by atoms with Crippen LogP contribution in [0.15, 0.2) is 73.3 Å². The highest BCUT2D eigenvalue weighted by atomic mass is 16.7. The number of esters is 1. The summed E-state index contributed by atoms with van der Waals surface area (Å²) < 4.78 is 22.2. The molecule has 0 heterocycles. The summed E-state index contributed by atoms with van der Waals surface area (Å²) in [5.74, 6) is 2.22. The Kier molecular flexibility index (Phi) is 6.22. The van der Waals surface area contributed by atoms with Gasteiger partial charge in [-0.1, -0.05) is 25.6 Å². The highest BCUT2D eigenvalue weighted by Crippen LogP contribution is 2.39. The second-order valence-electron chi connectivity index (χ2n) is 7.17. The van der Waals surface area contributed by atoms with Crippen LogP contribution in [0.25, 0.3) is 11.1 Å². The van der Waals surface area contributed by atoms with E-state index in [0.717, 1.165) is 37.0 Å². The summed E-state index contributed by atoms with van der Waals surface area (Å²) in [6.07, 6.45) is 2.97. The standard InChI is InChI=1S/C26H24O5/c1-3-13-28-22-9-11-24-18(15-22)14-19-16-23(10-12-25(19)24)30-17-29-20-5-7-21(8-6-20)31-26(27)4-2/h4-12,15-16H,2-3,13-14,17H2,1H3. The van der Waals surface area contributed by atoms with E-state index in [1.807, 2.05) is 12.1 Å². The molecule has 5 nitrogen and oxygen atoms in total. The Morgan fingerprint density at radius 2 is 1.39 bits per heavy atom. The van der Waals surface area contributed by atoms with Crippen molar-refractivity contribution in [3.63, 3.8) is 0 Å². The third kappa shape index (κ3) is 4.89. The first-order valence-electron chi connectivity index (χ1n) is 10.2. The van der Waals surface area contributed by atoms with Crippen molar-refractivity contribution >= 4 is 5.97 Å². The van der Waals surface area contributed by atoms with Crippen molar-refractivity contribution in [2.75, 3.05) is 13.4 Å². The molecule has 158 valence electrons. The number of carbonyl (C=O) groups is 1. The highest BCUT2D eigenvalue weighted by molar-refractivity contribution is 5.83. The zero-order chi connectivity index (χ0) is 21.6. The van der Waals surface area contributed by atoms with E-state index in [0.29, 0.717) is 11.5 Å². The van der Waals surface area contributed by atoms with E-state index < -0.39 is 5.97 Å². The number of carbonyl (C=O) groups excluding carboxylic acids is 1. The largest absolute Gasteiger partial charge is 0.494 e. The topological polar surface area (TPSA) is 54.0 Å². The number of benzene rings is 3. The molecule has 1 aliphatic carbocycles. The molecule has 31 heavy (non-hydrogen) atoms. The van der Waals surface area contributed by atoms with Crippen molar-refractivity contribution in [2.45, 2.75) is 19.8 Å². The van der Waals surface area contributed by atoms with Crippen LogP contribution < -0.4 is 18.9 Å². The fourth-order valence-electron chi connectivity index (χ4n) is 3.49. The van der Waals surface area contributed by atoms with E-state index >= 15 is 0 Å². The van der Waals surface area contributed by atoms with Gasteiger partial charge in [0.05, 0.1) is 6.61 Å². The Morgan fingerprint density at radius 3 is 2.00 bits per heavy atom. The molecule has 0 aromatic heterocycles. The average molecular weight is 416 g/mol. The van der Waals surface area contributed by atoms with Gasteiger partial charge in [0.2, 0.25) is 6.79 Å². The smallest absolute Gasteiger partial charge is 0.335 e. The zero-order valence-corrected chi connectivity index (χ0v) is 17.4. The van der Waals surface area contributed by atoms with Gasteiger partial charge in [-0.05, 0) is 83.6 Å². The SMILES string of the molecule is C=CC(=O)Oc1ccc(OCOc2ccc3c(c2)Cc2cc(OCCC)ccc2-3)cc1. The van der Waals surface area contributed by atoms with Crippen LogP contribution in [0.3, 0.4) is 0 Å². The van der Waals surface area contributed by atoms with Gasteiger partial charge >= 0.3 is 5.97 Å². The minimum absolute atomic E-state index is 0.0759. The Balaban J connectivity index is 1.34. The highest BCUT2D eigenvalue weighted by Gasteiger charge is 2.19.